The van der Waals surface area contributed by atoms with Crippen molar-refractivity contribution in [2.45, 2.75) is 25.5 Å². The van der Waals surface area contributed by atoms with E-state index >= 15 is 0 Å². The number of nitrogens with zero attached hydrogens (tertiary/aromatic N) is 2. The van der Waals surface area contributed by atoms with Gasteiger partial charge >= 0.3 is 0 Å². The number of rotatable bonds is 3. The minimum atomic E-state index is -0.00912. The van der Waals surface area contributed by atoms with E-state index in [0.717, 1.165) is 19.5 Å². The Kier molecular flexibility index (Phi) is 3.50. The first kappa shape index (κ1) is 10.3. The molecule has 1 aliphatic heterocycles. The third kappa shape index (κ3) is 2.32. The number of methoxy groups -OCH3 is 1. The molecule has 5 nitrogen and oxygen atoms in total. The van der Waals surface area contributed by atoms with Crippen molar-refractivity contribution in [2.75, 3.05) is 20.2 Å². The summed E-state index contributed by atoms with van der Waals surface area (Å²) in [4.78, 5) is 2.14. The molecule has 1 rings (SSSR count). The van der Waals surface area contributed by atoms with Crippen LogP contribution in [0.3, 0.4) is 0 Å². The highest BCUT2D eigenvalue weighted by molar-refractivity contribution is 5.84. The van der Waals surface area contributed by atoms with Gasteiger partial charge < -0.3 is 15.7 Å². The predicted octanol–water partition coefficient (Wildman–Crippen LogP) is -0.158. The predicted molar refractivity (Wildman–Crippen MR) is 49.9 cm³/mol. The maximum atomic E-state index is 8.49. The second kappa shape index (κ2) is 4.43. The summed E-state index contributed by atoms with van der Waals surface area (Å²) in [6.45, 7) is 3.72. The third-order valence-electron chi connectivity index (χ3n) is 2.60. The summed E-state index contributed by atoms with van der Waals surface area (Å²) in [6, 6.07) is -0.00912. The average molecular weight is 187 g/mol. The van der Waals surface area contributed by atoms with E-state index in [1.54, 1.807) is 7.11 Å². The monoisotopic (exact) mass is 187 g/mol. The molecule has 0 aromatic carbocycles. The Balaban J connectivity index is 2.46. The number of hydrogen-bond acceptors (Lipinski definition) is 4. The first-order valence-corrected chi connectivity index (χ1v) is 4.43. The Hall–Kier alpha value is -0.810. The van der Waals surface area contributed by atoms with Crippen molar-refractivity contribution in [1.82, 2.24) is 4.90 Å². The van der Waals surface area contributed by atoms with Crippen molar-refractivity contribution < 1.29 is 9.94 Å². The molecule has 0 aromatic rings. The van der Waals surface area contributed by atoms with E-state index in [9.17, 15) is 0 Å². The van der Waals surface area contributed by atoms with Gasteiger partial charge in [-0.25, -0.2) is 0 Å². The maximum Gasteiger partial charge on any atom is 0.156 e. The first-order valence-electron chi connectivity index (χ1n) is 4.43. The second-order valence-electron chi connectivity index (χ2n) is 3.34. The lowest BCUT2D eigenvalue weighted by molar-refractivity contribution is 0.106. The van der Waals surface area contributed by atoms with Gasteiger partial charge in [0.25, 0.3) is 0 Å². The Labute approximate surface area is 78.1 Å². The van der Waals surface area contributed by atoms with Crippen molar-refractivity contribution >= 4 is 5.84 Å². The molecule has 0 radical (unpaired) electrons. The van der Waals surface area contributed by atoms with Crippen molar-refractivity contribution in [1.29, 1.82) is 0 Å². The normalized spacial score (nSPS) is 27.8. The van der Waals surface area contributed by atoms with Crippen LogP contribution in [0.15, 0.2) is 5.16 Å². The van der Waals surface area contributed by atoms with Crippen LogP contribution in [0.4, 0.5) is 0 Å². The third-order valence-corrected chi connectivity index (χ3v) is 2.60. The van der Waals surface area contributed by atoms with Gasteiger partial charge in [0.15, 0.2) is 5.84 Å². The lowest BCUT2D eigenvalue weighted by Gasteiger charge is -2.22. The van der Waals surface area contributed by atoms with Gasteiger partial charge in [-0.1, -0.05) is 5.16 Å². The number of ether oxygens (including phenoxy) is 1. The fraction of sp³-hybridized carbons (Fsp3) is 0.875. The molecule has 76 valence electrons. The highest BCUT2D eigenvalue weighted by Crippen LogP contribution is 2.14. The number of likely N-dealkylation sites (tertiary alicyclic amines) is 1. The van der Waals surface area contributed by atoms with Gasteiger partial charge in [-0.2, -0.15) is 0 Å². The fourth-order valence-corrected chi connectivity index (χ4v) is 1.57. The van der Waals surface area contributed by atoms with E-state index in [2.05, 4.69) is 10.1 Å². The zero-order valence-corrected chi connectivity index (χ0v) is 8.10. The molecule has 3 N–H and O–H groups in total. The van der Waals surface area contributed by atoms with Gasteiger partial charge in [0, 0.05) is 20.2 Å². The summed E-state index contributed by atoms with van der Waals surface area (Å²) in [5.74, 6) is 0.261. The highest BCUT2D eigenvalue weighted by atomic mass is 16.5. The van der Waals surface area contributed by atoms with Crippen LogP contribution in [-0.2, 0) is 4.74 Å². The highest BCUT2D eigenvalue weighted by Gasteiger charge is 2.27. The second-order valence-corrected chi connectivity index (χ2v) is 3.34. The fourth-order valence-electron chi connectivity index (χ4n) is 1.57. The van der Waals surface area contributed by atoms with E-state index in [1.165, 1.54) is 0 Å². The van der Waals surface area contributed by atoms with Gasteiger partial charge in [-0.3, -0.25) is 4.90 Å². The zero-order valence-electron chi connectivity index (χ0n) is 8.10. The Morgan fingerprint density at radius 2 is 2.46 bits per heavy atom. The Bertz CT molecular complexity index is 196. The van der Waals surface area contributed by atoms with E-state index in [-0.39, 0.29) is 18.0 Å². The van der Waals surface area contributed by atoms with Gasteiger partial charge in [0.2, 0.25) is 0 Å². The van der Waals surface area contributed by atoms with Crippen LogP contribution < -0.4 is 5.73 Å². The topological polar surface area (TPSA) is 71.1 Å². The Morgan fingerprint density at radius 3 is 2.92 bits per heavy atom. The van der Waals surface area contributed by atoms with Crippen LogP contribution >= 0.6 is 0 Å². The molecule has 0 aromatic heterocycles. The van der Waals surface area contributed by atoms with E-state index in [1.807, 2.05) is 6.92 Å². The maximum absolute atomic E-state index is 8.49. The standard InChI is InChI=1S/C8H17N3O2/c1-6(8(9)10-12)11-4-3-7(5-11)13-2/h6-7,12H,3-5H2,1-2H3,(H2,9,10). The van der Waals surface area contributed by atoms with Gasteiger partial charge in [0.1, 0.15) is 0 Å². The number of nitrogens with two attached hydrogens (primary N) is 1. The molecule has 0 amide bonds. The van der Waals surface area contributed by atoms with Crippen LogP contribution in [0.25, 0.3) is 0 Å². The summed E-state index contributed by atoms with van der Waals surface area (Å²) < 4.78 is 5.22. The minimum Gasteiger partial charge on any atom is -0.409 e. The number of oxime groups is 1. The van der Waals surface area contributed by atoms with Crippen LogP contribution in [0.1, 0.15) is 13.3 Å². The summed E-state index contributed by atoms with van der Waals surface area (Å²) >= 11 is 0. The number of amidine groups is 1. The van der Waals surface area contributed by atoms with Crippen LogP contribution in [0, 0.1) is 0 Å². The van der Waals surface area contributed by atoms with Crippen molar-refractivity contribution in [2.24, 2.45) is 10.9 Å². The van der Waals surface area contributed by atoms with Gasteiger partial charge in [-0.05, 0) is 13.3 Å². The molecular weight excluding hydrogens is 170 g/mol. The number of hydrogen-bond donors (Lipinski definition) is 2. The molecule has 0 bridgehead atoms. The smallest absolute Gasteiger partial charge is 0.156 e. The zero-order chi connectivity index (χ0) is 9.84. The summed E-state index contributed by atoms with van der Waals surface area (Å²) in [5.41, 5.74) is 5.50. The summed E-state index contributed by atoms with van der Waals surface area (Å²) in [7, 11) is 1.71. The molecule has 5 heteroatoms. The molecule has 1 saturated heterocycles. The molecule has 0 aliphatic carbocycles. The quantitative estimate of drug-likeness (QED) is 0.279. The van der Waals surface area contributed by atoms with Crippen molar-refractivity contribution in [3.8, 4) is 0 Å². The van der Waals surface area contributed by atoms with Crippen LogP contribution in [-0.4, -0.2) is 48.3 Å². The largest absolute Gasteiger partial charge is 0.409 e. The molecule has 0 saturated carbocycles. The summed E-state index contributed by atoms with van der Waals surface area (Å²) in [5, 5.41) is 11.5. The van der Waals surface area contributed by atoms with E-state index in [0.29, 0.717) is 0 Å². The molecule has 2 atom stereocenters. The molecule has 1 fully saturated rings. The SMILES string of the molecule is COC1CCN(C(C)C(N)=NO)C1. The van der Waals surface area contributed by atoms with E-state index < -0.39 is 0 Å². The molecule has 2 unspecified atom stereocenters. The van der Waals surface area contributed by atoms with Crippen molar-refractivity contribution in [3.63, 3.8) is 0 Å². The first-order chi connectivity index (χ1) is 6.19. The van der Waals surface area contributed by atoms with Gasteiger partial charge in [0.05, 0.1) is 12.1 Å². The minimum absolute atomic E-state index is 0.00912. The molecular formula is C8H17N3O2. The van der Waals surface area contributed by atoms with Gasteiger partial charge in [-0.15, -0.1) is 0 Å². The lowest BCUT2D eigenvalue weighted by Crippen LogP contribution is -2.42. The average Bonchev–Trinajstić information content (AvgIpc) is 2.63. The lowest BCUT2D eigenvalue weighted by atomic mass is 10.3. The Morgan fingerprint density at radius 1 is 1.77 bits per heavy atom. The van der Waals surface area contributed by atoms with Crippen molar-refractivity contribution in [3.05, 3.63) is 0 Å². The molecule has 0 spiro atoms. The van der Waals surface area contributed by atoms with Crippen LogP contribution in [0.2, 0.25) is 0 Å². The molecule has 13 heavy (non-hydrogen) atoms. The molecule has 1 aliphatic rings. The van der Waals surface area contributed by atoms with Crippen LogP contribution in [0.5, 0.6) is 0 Å². The van der Waals surface area contributed by atoms with E-state index in [4.69, 9.17) is 15.7 Å². The summed E-state index contributed by atoms with van der Waals surface area (Å²) in [6.07, 6.45) is 1.30. The molecule has 1 heterocycles.